The van der Waals surface area contributed by atoms with Gasteiger partial charge in [0.1, 0.15) is 0 Å². The molecule has 1 amide bonds. The van der Waals surface area contributed by atoms with Gasteiger partial charge in [-0.25, -0.2) is 13.6 Å². The molecule has 0 unspecified atom stereocenters. The Morgan fingerprint density at radius 3 is 2.38 bits per heavy atom. The molecule has 0 aromatic heterocycles. The summed E-state index contributed by atoms with van der Waals surface area (Å²) < 4.78 is 27.1. The van der Waals surface area contributed by atoms with E-state index in [1.807, 2.05) is 6.92 Å². The van der Waals surface area contributed by atoms with E-state index < -0.39 is 21.9 Å². The minimum atomic E-state index is -3.76. The van der Waals surface area contributed by atoms with Gasteiger partial charge in [0.05, 0.1) is 17.9 Å². The summed E-state index contributed by atoms with van der Waals surface area (Å²) in [6.45, 7) is 2.20. The molecule has 1 aromatic carbocycles. The fraction of sp³-hybridized carbons (Fsp3) is 0.357. The number of thiocarbonyl (C=S) groups is 1. The lowest BCUT2D eigenvalue weighted by Gasteiger charge is -2.10. The third-order valence-electron chi connectivity index (χ3n) is 2.72. The number of ether oxygens (including phenoxy) is 1. The lowest BCUT2D eigenvalue weighted by Crippen LogP contribution is -2.34. The molecular weight excluding hydrogens is 354 g/mol. The molecule has 0 spiro atoms. The SMILES string of the molecule is CCCOC(=O)CCC(=O)NC(=S)Nc1ccc(S(N)(=O)=O)cc1. The average Bonchev–Trinajstić information content (AvgIpc) is 2.50. The number of carbonyl (C=O) groups is 2. The van der Waals surface area contributed by atoms with Crippen LogP contribution in [0.2, 0.25) is 0 Å². The van der Waals surface area contributed by atoms with Crippen molar-refractivity contribution < 1.29 is 22.7 Å². The van der Waals surface area contributed by atoms with Crippen LogP contribution in [0.15, 0.2) is 29.2 Å². The fourth-order valence-electron chi connectivity index (χ4n) is 1.58. The van der Waals surface area contributed by atoms with Crippen molar-refractivity contribution >= 4 is 44.9 Å². The highest BCUT2D eigenvalue weighted by molar-refractivity contribution is 7.89. The zero-order valence-corrected chi connectivity index (χ0v) is 14.7. The van der Waals surface area contributed by atoms with Crippen molar-refractivity contribution in [3.05, 3.63) is 24.3 Å². The van der Waals surface area contributed by atoms with Crippen LogP contribution in [0.25, 0.3) is 0 Å². The van der Waals surface area contributed by atoms with Crippen LogP contribution in [0.5, 0.6) is 0 Å². The minimum Gasteiger partial charge on any atom is -0.466 e. The van der Waals surface area contributed by atoms with Crippen LogP contribution in [0.3, 0.4) is 0 Å². The summed E-state index contributed by atoms with van der Waals surface area (Å²) in [5.74, 6) is -0.869. The predicted molar refractivity (Wildman–Crippen MR) is 92.7 cm³/mol. The lowest BCUT2D eigenvalue weighted by atomic mass is 10.3. The lowest BCUT2D eigenvalue weighted by molar-refractivity contribution is -0.144. The van der Waals surface area contributed by atoms with E-state index in [9.17, 15) is 18.0 Å². The molecular formula is C14H19N3O5S2. The summed E-state index contributed by atoms with van der Waals surface area (Å²) in [4.78, 5) is 22.9. The number of carbonyl (C=O) groups excluding carboxylic acids is 2. The molecule has 132 valence electrons. The van der Waals surface area contributed by atoms with Crippen molar-refractivity contribution in [2.75, 3.05) is 11.9 Å². The summed E-state index contributed by atoms with van der Waals surface area (Å²) in [6, 6.07) is 5.54. The topological polar surface area (TPSA) is 128 Å². The first kappa shape index (κ1) is 20.0. The number of benzene rings is 1. The van der Waals surface area contributed by atoms with Crippen molar-refractivity contribution in [2.45, 2.75) is 31.1 Å². The molecule has 0 radical (unpaired) electrons. The molecule has 0 atom stereocenters. The Hall–Kier alpha value is -2.04. The number of nitrogens with one attached hydrogen (secondary N) is 2. The standard InChI is InChI=1S/C14H19N3O5S2/c1-2-9-22-13(19)8-7-12(18)17-14(23)16-10-3-5-11(6-4-10)24(15,20)21/h3-6H,2,7-9H2,1H3,(H2,15,20,21)(H2,16,17,18,23). The van der Waals surface area contributed by atoms with Gasteiger partial charge in [0.15, 0.2) is 5.11 Å². The van der Waals surface area contributed by atoms with Crippen molar-refractivity contribution in [2.24, 2.45) is 5.14 Å². The second kappa shape index (κ2) is 9.30. The van der Waals surface area contributed by atoms with Gasteiger partial charge in [0.25, 0.3) is 0 Å². The van der Waals surface area contributed by atoms with Crippen LogP contribution in [0.1, 0.15) is 26.2 Å². The molecule has 0 saturated carbocycles. The Kier molecular flexibility index (Phi) is 7.75. The van der Waals surface area contributed by atoms with Crippen LogP contribution < -0.4 is 15.8 Å². The van der Waals surface area contributed by atoms with Crippen molar-refractivity contribution in [1.82, 2.24) is 5.32 Å². The molecule has 0 aliphatic carbocycles. The van der Waals surface area contributed by atoms with E-state index in [0.29, 0.717) is 12.3 Å². The second-order valence-electron chi connectivity index (χ2n) is 4.79. The molecule has 1 rings (SSSR count). The monoisotopic (exact) mass is 373 g/mol. The third kappa shape index (κ3) is 7.49. The van der Waals surface area contributed by atoms with Gasteiger partial charge in [-0.3, -0.25) is 9.59 Å². The Balaban J connectivity index is 2.43. The average molecular weight is 373 g/mol. The minimum absolute atomic E-state index is 0.0303. The molecule has 0 aliphatic heterocycles. The van der Waals surface area contributed by atoms with Crippen molar-refractivity contribution in [3.8, 4) is 0 Å². The molecule has 1 aromatic rings. The Morgan fingerprint density at radius 1 is 1.21 bits per heavy atom. The Morgan fingerprint density at radius 2 is 1.83 bits per heavy atom. The first-order valence-electron chi connectivity index (χ1n) is 7.11. The van der Waals surface area contributed by atoms with E-state index in [0.717, 1.165) is 6.42 Å². The molecule has 0 heterocycles. The highest BCUT2D eigenvalue weighted by Crippen LogP contribution is 2.12. The zero-order valence-electron chi connectivity index (χ0n) is 13.1. The number of esters is 1. The quantitative estimate of drug-likeness (QED) is 0.478. The number of anilines is 1. The maximum Gasteiger partial charge on any atom is 0.306 e. The molecule has 24 heavy (non-hydrogen) atoms. The van der Waals surface area contributed by atoms with Gasteiger partial charge in [-0.2, -0.15) is 0 Å². The van der Waals surface area contributed by atoms with Gasteiger partial charge in [0, 0.05) is 12.1 Å². The van der Waals surface area contributed by atoms with Gasteiger partial charge < -0.3 is 15.4 Å². The number of nitrogens with two attached hydrogens (primary N) is 1. The fourth-order valence-corrected chi connectivity index (χ4v) is 2.33. The van der Waals surface area contributed by atoms with Gasteiger partial charge in [0.2, 0.25) is 15.9 Å². The molecule has 10 heteroatoms. The Labute approximate surface area is 145 Å². The van der Waals surface area contributed by atoms with Crippen LogP contribution in [0.4, 0.5) is 5.69 Å². The van der Waals surface area contributed by atoms with E-state index in [-0.39, 0.29) is 22.8 Å². The van der Waals surface area contributed by atoms with Crippen molar-refractivity contribution in [1.29, 1.82) is 0 Å². The number of primary sulfonamides is 1. The molecule has 4 N–H and O–H groups in total. The number of sulfonamides is 1. The van der Waals surface area contributed by atoms with Crippen LogP contribution in [-0.2, 0) is 24.3 Å². The van der Waals surface area contributed by atoms with E-state index >= 15 is 0 Å². The predicted octanol–water partition coefficient (Wildman–Crippen LogP) is 0.880. The van der Waals surface area contributed by atoms with Crippen molar-refractivity contribution in [3.63, 3.8) is 0 Å². The molecule has 0 fully saturated rings. The largest absolute Gasteiger partial charge is 0.466 e. The number of hydrogen-bond acceptors (Lipinski definition) is 6. The number of rotatable bonds is 7. The molecule has 0 saturated heterocycles. The van der Waals surface area contributed by atoms with Gasteiger partial charge in [-0.1, -0.05) is 6.92 Å². The molecule has 0 bridgehead atoms. The second-order valence-corrected chi connectivity index (χ2v) is 6.76. The van der Waals surface area contributed by atoms with Gasteiger partial charge in [-0.15, -0.1) is 0 Å². The molecule has 8 nitrogen and oxygen atoms in total. The summed E-state index contributed by atoms with van der Waals surface area (Å²) >= 11 is 4.97. The summed E-state index contributed by atoms with van der Waals surface area (Å²) in [5.41, 5.74) is 0.482. The first-order chi connectivity index (χ1) is 11.2. The van der Waals surface area contributed by atoms with Crippen LogP contribution >= 0.6 is 12.2 Å². The van der Waals surface area contributed by atoms with Crippen LogP contribution in [-0.4, -0.2) is 32.0 Å². The van der Waals surface area contributed by atoms with E-state index in [1.165, 1.54) is 24.3 Å². The third-order valence-corrected chi connectivity index (χ3v) is 3.85. The highest BCUT2D eigenvalue weighted by atomic mass is 32.2. The summed E-state index contributed by atoms with van der Waals surface area (Å²) in [7, 11) is -3.76. The normalized spacial score (nSPS) is 10.8. The molecule has 0 aliphatic rings. The maximum atomic E-state index is 11.7. The van der Waals surface area contributed by atoms with Crippen LogP contribution in [0, 0.1) is 0 Å². The van der Waals surface area contributed by atoms with E-state index in [2.05, 4.69) is 10.6 Å². The number of hydrogen-bond donors (Lipinski definition) is 3. The van der Waals surface area contributed by atoms with E-state index in [1.54, 1.807) is 0 Å². The first-order valence-corrected chi connectivity index (χ1v) is 9.07. The van der Waals surface area contributed by atoms with Gasteiger partial charge >= 0.3 is 5.97 Å². The summed E-state index contributed by atoms with van der Waals surface area (Å²) in [6.07, 6.45) is 0.641. The number of amides is 1. The smallest absolute Gasteiger partial charge is 0.306 e. The van der Waals surface area contributed by atoms with Gasteiger partial charge in [-0.05, 0) is 42.9 Å². The van der Waals surface area contributed by atoms with E-state index in [4.69, 9.17) is 22.1 Å². The maximum absolute atomic E-state index is 11.7. The Bertz CT molecular complexity index is 702. The zero-order chi connectivity index (χ0) is 18.2. The highest BCUT2D eigenvalue weighted by Gasteiger charge is 2.10. The summed E-state index contributed by atoms with van der Waals surface area (Å²) in [5, 5.41) is 10.2.